The molecule has 0 saturated heterocycles. The summed E-state index contributed by atoms with van der Waals surface area (Å²) in [7, 11) is 0. The lowest BCUT2D eigenvalue weighted by atomic mass is 10.3. The minimum Gasteiger partial charge on any atom is -0.477 e. The first-order valence-electron chi connectivity index (χ1n) is 6.31. The van der Waals surface area contributed by atoms with Crippen LogP contribution in [0.5, 0.6) is 5.88 Å². The molecule has 1 aromatic heterocycles. The van der Waals surface area contributed by atoms with Gasteiger partial charge in [-0.05, 0) is 6.92 Å². The summed E-state index contributed by atoms with van der Waals surface area (Å²) in [5, 5.41) is 19.0. The summed E-state index contributed by atoms with van der Waals surface area (Å²) in [5.41, 5.74) is -0.147. The zero-order valence-electron chi connectivity index (χ0n) is 12.9. The lowest BCUT2D eigenvalue weighted by molar-refractivity contribution is -0.385. The first kappa shape index (κ1) is 23.6. The van der Waals surface area contributed by atoms with Gasteiger partial charge in [-0.2, -0.15) is 31.6 Å². The molecule has 9 nitrogen and oxygen atoms in total. The molecule has 0 unspecified atom stereocenters. The van der Waals surface area contributed by atoms with Gasteiger partial charge < -0.3 is 9.47 Å². The number of nitro groups is 1. The van der Waals surface area contributed by atoms with Crippen molar-refractivity contribution < 1.29 is 50.3 Å². The molecule has 0 spiro atoms. The van der Waals surface area contributed by atoms with Crippen LogP contribution in [0.3, 0.4) is 0 Å². The van der Waals surface area contributed by atoms with Gasteiger partial charge in [0.1, 0.15) is 17.8 Å². The smallest absolute Gasteiger partial charge is 0.477 e. The second-order valence-electron chi connectivity index (χ2n) is 4.02. The number of hydrogen-bond donors (Lipinski definition) is 0. The van der Waals surface area contributed by atoms with Gasteiger partial charge in [-0.15, -0.1) is 0 Å². The van der Waals surface area contributed by atoms with Gasteiger partial charge in [-0.25, -0.2) is 14.6 Å². The van der Waals surface area contributed by atoms with Gasteiger partial charge in [-0.3, -0.25) is 10.1 Å². The van der Waals surface area contributed by atoms with E-state index in [-0.39, 0.29) is 17.1 Å². The van der Waals surface area contributed by atoms with Crippen molar-refractivity contribution in [1.29, 1.82) is 5.26 Å². The fraction of sp³-hybridized carbons (Fsp3) is 0.333. The van der Waals surface area contributed by atoms with Crippen LogP contribution in [0.2, 0.25) is 0 Å². The Morgan fingerprint density at radius 2 is 1.70 bits per heavy atom. The highest BCUT2D eigenvalue weighted by Crippen LogP contribution is 2.21. The Balaban J connectivity index is 0.000000503. The molecule has 1 rings (SSSR count). The van der Waals surface area contributed by atoms with Crippen molar-refractivity contribution in [2.45, 2.75) is 19.3 Å². The number of hydrogen-bond acceptors (Lipinski definition) is 8. The molecule has 27 heavy (non-hydrogen) atoms. The molecule has 15 heteroatoms. The van der Waals surface area contributed by atoms with Crippen LogP contribution < -0.4 is 4.74 Å². The quantitative estimate of drug-likeness (QED) is 0.247. The van der Waals surface area contributed by atoms with Crippen LogP contribution in [0.1, 0.15) is 12.5 Å². The molecule has 0 aromatic carbocycles. The summed E-state index contributed by atoms with van der Waals surface area (Å²) in [5.74, 6) is -6.27. The fourth-order valence-electron chi connectivity index (χ4n) is 1.07. The van der Waals surface area contributed by atoms with Gasteiger partial charge in [0, 0.05) is 6.07 Å². The number of halogens is 6. The first-order valence-corrected chi connectivity index (χ1v) is 6.31. The van der Waals surface area contributed by atoms with E-state index >= 15 is 0 Å². The van der Waals surface area contributed by atoms with Gasteiger partial charge in [0.15, 0.2) is 0 Å². The first-order chi connectivity index (χ1) is 12.2. The van der Waals surface area contributed by atoms with E-state index in [9.17, 15) is 46.0 Å². The lowest BCUT2D eigenvalue weighted by Crippen LogP contribution is -2.34. The molecule has 0 amide bonds. The molecule has 0 radical (unpaired) electrons. The second-order valence-corrected chi connectivity index (χ2v) is 4.02. The highest BCUT2D eigenvalue weighted by Gasteiger charge is 2.49. The molecule has 0 saturated carbocycles. The van der Waals surface area contributed by atoms with Crippen molar-refractivity contribution in [3.8, 4) is 11.9 Å². The van der Waals surface area contributed by atoms with E-state index in [0.717, 1.165) is 12.3 Å². The number of nitriles is 1. The highest BCUT2D eigenvalue weighted by molar-refractivity contribution is 5.90. The number of aromatic nitrogens is 1. The summed E-state index contributed by atoms with van der Waals surface area (Å²) >= 11 is 0. The highest BCUT2D eigenvalue weighted by atomic mass is 19.4. The number of esters is 2. The van der Waals surface area contributed by atoms with Crippen molar-refractivity contribution in [3.63, 3.8) is 0 Å². The van der Waals surface area contributed by atoms with Crippen LogP contribution >= 0.6 is 0 Å². The Hall–Kier alpha value is -3.44. The lowest BCUT2D eigenvalue weighted by Gasteiger charge is -2.06. The Kier molecular flexibility index (Phi) is 8.12. The zero-order valence-corrected chi connectivity index (χ0v) is 12.9. The summed E-state index contributed by atoms with van der Waals surface area (Å²) < 4.78 is 74.7. The van der Waals surface area contributed by atoms with Crippen molar-refractivity contribution >= 4 is 17.6 Å². The predicted molar refractivity (Wildman–Crippen MR) is 70.0 cm³/mol. The van der Waals surface area contributed by atoms with Crippen LogP contribution in [-0.2, 0) is 14.3 Å². The van der Waals surface area contributed by atoms with E-state index < -0.39 is 29.2 Å². The summed E-state index contributed by atoms with van der Waals surface area (Å²) in [6, 6.07) is 2.92. The van der Waals surface area contributed by atoms with Crippen molar-refractivity contribution in [1.82, 2.24) is 4.98 Å². The molecular formula is C12H7F6N3O6. The van der Waals surface area contributed by atoms with Crippen LogP contribution in [0.25, 0.3) is 0 Å². The SMILES string of the molecule is CCOc1ncc([N+](=O)[O-])cc1C#N.O=C(OC(=O)C(F)(F)F)C(F)(F)F. The molecule has 0 N–H and O–H groups in total. The molecule has 0 aliphatic rings. The van der Waals surface area contributed by atoms with Crippen LogP contribution in [-0.4, -0.2) is 40.8 Å². The number of ether oxygens (including phenoxy) is 2. The predicted octanol–water partition coefficient (Wildman–Crippen LogP) is 2.44. The van der Waals surface area contributed by atoms with E-state index in [1.807, 2.05) is 0 Å². The molecule has 0 bridgehead atoms. The third-order valence-electron chi connectivity index (χ3n) is 2.10. The molecular weight excluding hydrogens is 396 g/mol. The van der Waals surface area contributed by atoms with Gasteiger partial charge in [-0.1, -0.05) is 0 Å². The maximum Gasteiger partial charge on any atom is 0.491 e. The van der Waals surface area contributed by atoms with E-state index in [4.69, 9.17) is 10.00 Å². The van der Waals surface area contributed by atoms with E-state index in [2.05, 4.69) is 9.72 Å². The Labute approximate surface area is 145 Å². The Bertz CT molecular complexity index is 731. The van der Waals surface area contributed by atoms with Crippen LogP contribution in [0.4, 0.5) is 32.0 Å². The molecule has 0 atom stereocenters. The standard InChI is InChI=1S/C8H7N3O3.C4F6O3/c1-2-14-8-6(4-9)3-7(5-10-8)11(12)13;5-3(6,7)1(11)13-2(12)4(8,9)10/h3,5H,2H2,1H3;. The number of nitrogens with zero attached hydrogens (tertiary/aromatic N) is 3. The number of carbonyl (C=O) groups is 2. The van der Waals surface area contributed by atoms with E-state index in [1.54, 1.807) is 13.0 Å². The average Bonchev–Trinajstić information content (AvgIpc) is 2.54. The van der Waals surface area contributed by atoms with E-state index in [0.29, 0.717) is 6.61 Å². The number of alkyl halides is 6. The third-order valence-corrected chi connectivity index (χ3v) is 2.10. The van der Waals surface area contributed by atoms with Crippen molar-refractivity contribution in [2.24, 2.45) is 0 Å². The van der Waals surface area contributed by atoms with Gasteiger partial charge >= 0.3 is 24.3 Å². The molecule has 0 fully saturated rings. The number of rotatable bonds is 3. The number of pyridine rings is 1. The van der Waals surface area contributed by atoms with E-state index in [1.165, 1.54) is 0 Å². The van der Waals surface area contributed by atoms with Gasteiger partial charge in [0.05, 0.1) is 11.5 Å². The molecule has 0 aliphatic heterocycles. The summed E-state index contributed by atoms with van der Waals surface area (Å²) in [4.78, 5) is 32.7. The summed E-state index contributed by atoms with van der Waals surface area (Å²) in [6.07, 6.45) is -10.2. The molecule has 0 aliphatic carbocycles. The maximum absolute atomic E-state index is 11.2. The average molecular weight is 403 g/mol. The van der Waals surface area contributed by atoms with Crippen molar-refractivity contribution in [2.75, 3.05) is 6.61 Å². The normalized spacial score (nSPS) is 10.7. The van der Waals surface area contributed by atoms with Crippen LogP contribution in [0, 0.1) is 21.4 Å². The second kappa shape index (κ2) is 9.31. The fourth-order valence-corrected chi connectivity index (χ4v) is 1.07. The summed E-state index contributed by atoms with van der Waals surface area (Å²) in [6.45, 7) is 2.10. The minimum atomic E-state index is -5.62. The molecule has 148 valence electrons. The van der Waals surface area contributed by atoms with Gasteiger partial charge in [0.2, 0.25) is 5.88 Å². The Morgan fingerprint density at radius 3 is 2.04 bits per heavy atom. The number of carbonyl (C=O) groups excluding carboxylic acids is 2. The van der Waals surface area contributed by atoms with Crippen molar-refractivity contribution in [3.05, 3.63) is 27.9 Å². The van der Waals surface area contributed by atoms with Gasteiger partial charge in [0.25, 0.3) is 5.69 Å². The largest absolute Gasteiger partial charge is 0.491 e. The monoisotopic (exact) mass is 403 g/mol. The molecule has 1 heterocycles. The molecule has 1 aromatic rings. The Morgan fingerprint density at radius 1 is 1.22 bits per heavy atom. The minimum absolute atomic E-state index is 0.0704. The zero-order chi connectivity index (χ0) is 21.4. The maximum atomic E-state index is 11.2. The van der Waals surface area contributed by atoms with Crippen LogP contribution in [0.15, 0.2) is 12.3 Å². The third kappa shape index (κ3) is 7.98. The topological polar surface area (TPSA) is 132 Å².